The van der Waals surface area contributed by atoms with E-state index in [9.17, 15) is 9.59 Å². The van der Waals surface area contributed by atoms with Gasteiger partial charge in [0.05, 0.1) is 6.61 Å². The van der Waals surface area contributed by atoms with E-state index in [2.05, 4.69) is 10.6 Å². The number of carbonyl (C=O) groups is 2. The maximum Gasteiger partial charge on any atom is 0.220 e. The topological polar surface area (TPSA) is 67.4 Å². The van der Waals surface area contributed by atoms with E-state index in [0.29, 0.717) is 12.2 Å². The standard InChI is InChI=1S/C17H24N2O3/c1-2-22-15-7-5-13(6-8-15)16(20)9-10-17(21)19-14-4-3-11-18-12-14/h5-8,14,18H,2-4,9-12H2,1H3,(H,19,21)/t14-/m0/s1. The van der Waals surface area contributed by atoms with Gasteiger partial charge in [-0.2, -0.15) is 0 Å². The fourth-order valence-electron chi connectivity index (χ4n) is 2.55. The van der Waals surface area contributed by atoms with E-state index in [1.54, 1.807) is 24.3 Å². The van der Waals surface area contributed by atoms with Crippen molar-refractivity contribution >= 4 is 11.7 Å². The molecule has 0 saturated carbocycles. The third kappa shape index (κ3) is 5.15. The zero-order valence-corrected chi connectivity index (χ0v) is 13.1. The fraction of sp³-hybridized carbons (Fsp3) is 0.529. The maximum atomic E-state index is 12.1. The normalized spacial score (nSPS) is 17.8. The lowest BCUT2D eigenvalue weighted by atomic mass is 10.0. The first-order valence-electron chi connectivity index (χ1n) is 7.95. The fourth-order valence-corrected chi connectivity index (χ4v) is 2.55. The molecule has 1 heterocycles. The van der Waals surface area contributed by atoms with Gasteiger partial charge in [-0.3, -0.25) is 9.59 Å². The maximum absolute atomic E-state index is 12.1. The molecule has 0 unspecified atom stereocenters. The summed E-state index contributed by atoms with van der Waals surface area (Å²) in [4.78, 5) is 24.0. The second-order valence-corrected chi connectivity index (χ2v) is 5.49. The van der Waals surface area contributed by atoms with Crippen molar-refractivity contribution in [3.05, 3.63) is 29.8 Å². The second-order valence-electron chi connectivity index (χ2n) is 5.49. The third-order valence-electron chi connectivity index (χ3n) is 3.73. The van der Waals surface area contributed by atoms with Crippen LogP contribution in [0.5, 0.6) is 5.75 Å². The second kappa shape index (κ2) is 8.54. The first-order valence-corrected chi connectivity index (χ1v) is 7.95. The van der Waals surface area contributed by atoms with Crippen LogP contribution in [0.15, 0.2) is 24.3 Å². The third-order valence-corrected chi connectivity index (χ3v) is 3.73. The van der Waals surface area contributed by atoms with Crippen LogP contribution in [0.2, 0.25) is 0 Å². The molecule has 0 spiro atoms. The van der Waals surface area contributed by atoms with Crippen molar-refractivity contribution < 1.29 is 14.3 Å². The van der Waals surface area contributed by atoms with Crippen LogP contribution >= 0.6 is 0 Å². The predicted octanol–water partition coefficient (Wildman–Crippen LogP) is 1.92. The summed E-state index contributed by atoms with van der Waals surface area (Å²) in [5.41, 5.74) is 0.621. The SMILES string of the molecule is CCOc1ccc(C(=O)CCC(=O)N[C@H]2CCCNC2)cc1. The molecule has 1 aliphatic rings. The van der Waals surface area contributed by atoms with E-state index in [0.717, 1.165) is 31.7 Å². The van der Waals surface area contributed by atoms with Crippen LogP contribution in [0.4, 0.5) is 0 Å². The van der Waals surface area contributed by atoms with E-state index in [-0.39, 0.29) is 30.6 Å². The summed E-state index contributed by atoms with van der Waals surface area (Å²) >= 11 is 0. The van der Waals surface area contributed by atoms with Gasteiger partial charge in [0.25, 0.3) is 0 Å². The number of carbonyl (C=O) groups excluding carboxylic acids is 2. The molecule has 1 atom stereocenters. The molecule has 0 aliphatic carbocycles. The smallest absolute Gasteiger partial charge is 0.220 e. The summed E-state index contributed by atoms with van der Waals surface area (Å²) in [5.74, 6) is 0.689. The Morgan fingerprint density at radius 2 is 2.05 bits per heavy atom. The van der Waals surface area contributed by atoms with Crippen LogP contribution in [0.25, 0.3) is 0 Å². The van der Waals surface area contributed by atoms with Gasteiger partial charge in [-0.1, -0.05) is 0 Å². The average Bonchev–Trinajstić information content (AvgIpc) is 2.54. The molecule has 1 fully saturated rings. The Morgan fingerprint density at radius 1 is 1.27 bits per heavy atom. The van der Waals surface area contributed by atoms with Crippen LogP contribution < -0.4 is 15.4 Å². The number of ether oxygens (including phenoxy) is 1. The molecule has 2 rings (SSSR count). The van der Waals surface area contributed by atoms with E-state index >= 15 is 0 Å². The summed E-state index contributed by atoms with van der Waals surface area (Å²) in [6.45, 7) is 4.35. The number of rotatable bonds is 7. The highest BCUT2D eigenvalue weighted by atomic mass is 16.5. The van der Waals surface area contributed by atoms with Crippen LogP contribution in [0, 0.1) is 0 Å². The minimum Gasteiger partial charge on any atom is -0.494 e. The van der Waals surface area contributed by atoms with Crippen molar-refractivity contribution in [1.29, 1.82) is 0 Å². The molecule has 5 heteroatoms. The van der Waals surface area contributed by atoms with Gasteiger partial charge in [0, 0.05) is 31.0 Å². The summed E-state index contributed by atoms with van der Waals surface area (Å²) in [5, 5.41) is 6.23. The van der Waals surface area contributed by atoms with Crippen LogP contribution in [0.1, 0.15) is 43.0 Å². The Kier molecular flexibility index (Phi) is 6.40. The largest absolute Gasteiger partial charge is 0.494 e. The zero-order chi connectivity index (χ0) is 15.8. The molecule has 2 N–H and O–H groups in total. The Labute approximate surface area is 131 Å². The number of Topliss-reactive ketones (excluding diaryl/α,β-unsaturated/α-hetero) is 1. The van der Waals surface area contributed by atoms with Gasteiger partial charge >= 0.3 is 0 Å². The van der Waals surface area contributed by atoms with Gasteiger partial charge in [0.1, 0.15) is 5.75 Å². The number of ketones is 1. The average molecular weight is 304 g/mol. The molecular formula is C17H24N2O3. The minimum absolute atomic E-state index is 0.0139. The van der Waals surface area contributed by atoms with Gasteiger partial charge in [0.15, 0.2) is 5.78 Å². The molecule has 1 saturated heterocycles. The monoisotopic (exact) mass is 304 g/mol. The Hall–Kier alpha value is -1.88. The molecule has 0 radical (unpaired) electrons. The van der Waals surface area contributed by atoms with Crippen molar-refractivity contribution in [3.63, 3.8) is 0 Å². The molecule has 1 amide bonds. The van der Waals surface area contributed by atoms with Gasteiger partial charge in [-0.25, -0.2) is 0 Å². The molecule has 1 aliphatic heterocycles. The van der Waals surface area contributed by atoms with Crippen molar-refractivity contribution in [2.45, 2.75) is 38.6 Å². The van der Waals surface area contributed by atoms with E-state index < -0.39 is 0 Å². The highest BCUT2D eigenvalue weighted by molar-refractivity contribution is 5.98. The lowest BCUT2D eigenvalue weighted by molar-refractivity contribution is -0.121. The lowest BCUT2D eigenvalue weighted by Gasteiger charge is -2.23. The summed E-state index contributed by atoms with van der Waals surface area (Å²) in [6.07, 6.45) is 2.56. The number of amides is 1. The summed E-state index contributed by atoms with van der Waals surface area (Å²) in [7, 11) is 0. The van der Waals surface area contributed by atoms with Crippen LogP contribution in [-0.2, 0) is 4.79 Å². The molecule has 0 bridgehead atoms. The molecule has 22 heavy (non-hydrogen) atoms. The first-order chi connectivity index (χ1) is 10.7. The van der Waals surface area contributed by atoms with E-state index in [1.165, 1.54) is 0 Å². The molecular weight excluding hydrogens is 280 g/mol. The van der Waals surface area contributed by atoms with Crippen molar-refractivity contribution in [2.24, 2.45) is 0 Å². The summed E-state index contributed by atoms with van der Waals surface area (Å²) in [6, 6.07) is 7.25. The Bertz CT molecular complexity index is 493. The quantitative estimate of drug-likeness (QED) is 0.755. The van der Waals surface area contributed by atoms with Gasteiger partial charge < -0.3 is 15.4 Å². The van der Waals surface area contributed by atoms with Crippen molar-refractivity contribution in [1.82, 2.24) is 10.6 Å². The zero-order valence-electron chi connectivity index (χ0n) is 13.1. The molecule has 120 valence electrons. The van der Waals surface area contributed by atoms with Crippen LogP contribution in [-0.4, -0.2) is 37.4 Å². The number of hydrogen-bond acceptors (Lipinski definition) is 4. The lowest BCUT2D eigenvalue weighted by Crippen LogP contribution is -2.45. The van der Waals surface area contributed by atoms with Gasteiger partial charge in [-0.05, 0) is 50.6 Å². The molecule has 1 aromatic rings. The van der Waals surface area contributed by atoms with Gasteiger partial charge in [0.2, 0.25) is 5.91 Å². The van der Waals surface area contributed by atoms with E-state index in [1.807, 2.05) is 6.92 Å². The number of nitrogens with one attached hydrogen (secondary N) is 2. The number of hydrogen-bond donors (Lipinski definition) is 2. The highest BCUT2D eigenvalue weighted by Crippen LogP contribution is 2.14. The van der Waals surface area contributed by atoms with Crippen molar-refractivity contribution in [3.8, 4) is 5.75 Å². The number of benzene rings is 1. The molecule has 1 aromatic carbocycles. The number of piperidine rings is 1. The van der Waals surface area contributed by atoms with E-state index in [4.69, 9.17) is 4.74 Å². The van der Waals surface area contributed by atoms with Crippen LogP contribution in [0.3, 0.4) is 0 Å². The molecule has 5 nitrogen and oxygen atoms in total. The first kappa shape index (κ1) is 16.5. The van der Waals surface area contributed by atoms with Gasteiger partial charge in [-0.15, -0.1) is 0 Å². The Morgan fingerprint density at radius 3 is 2.68 bits per heavy atom. The van der Waals surface area contributed by atoms with Crippen molar-refractivity contribution in [2.75, 3.05) is 19.7 Å². The Balaban J connectivity index is 1.75. The summed E-state index contributed by atoms with van der Waals surface area (Å²) < 4.78 is 5.34. The highest BCUT2D eigenvalue weighted by Gasteiger charge is 2.16. The molecule has 0 aromatic heterocycles. The minimum atomic E-state index is -0.0482. The predicted molar refractivity (Wildman–Crippen MR) is 85.2 cm³/mol.